The lowest BCUT2D eigenvalue weighted by atomic mass is 10.1. The standard InChI is InChI=1S/C13H18O3/c14-12(10-13-15-8-9-16-13)7-6-11-4-2-1-3-5-11/h1-5,12-14H,6-10H2. The molecule has 1 unspecified atom stereocenters. The van der Waals surface area contributed by atoms with E-state index in [0.717, 1.165) is 12.8 Å². The van der Waals surface area contributed by atoms with Crippen LogP contribution in [-0.4, -0.2) is 30.7 Å². The summed E-state index contributed by atoms with van der Waals surface area (Å²) in [5, 5.41) is 9.81. The van der Waals surface area contributed by atoms with Gasteiger partial charge in [0.05, 0.1) is 19.3 Å². The SMILES string of the molecule is OC(CCc1ccccc1)CC1OCCO1. The van der Waals surface area contributed by atoms with Crippen molar-refractivity contribution in [3.63, 3.8) is 0 Å². The maximum atomic E-state index is 9.81. The quantitative estimate of drug-likeness (QED) is 0.824. The molecular formula is C13H18O3. The van der Waals surface area contributed by atoms with Crippen molar-refractivity contribution in [3.05, 3.63) is 35.9 Å². The van der Waals surface area contributed by atoms with Crippen molar-refractivity contribution in [2.45, 2.75) is 31.7 Å². The summed E-state index contributed by atoms with van der Waals surface area (Å²) in [6, 6.07) is 10.2. The van der Waals surface area contributed by atoms with Crippen LogP contribution in [0, 0.1) is 0 Å². The van der Waals surface area contributed by atoms with Crippen molar-refractivity contribution in [1.82, 2.24) is 0 Å². The third-order valence-corrected chi connectivity index (χ3v) is 2.76. The zero-order valence-corrected chi connectivity index (χ0v) is 9.34. The van der Waals surface area contributed by atoms with E-state index in [1.54, 1.807) is 0 Å². The predicted octanol–water partition coefficient (Wildman–Crippen LogP) is 1.74. The second kappa shape index (κ2) is 5.99. The Kier molecular flexibility index (Phi) is 4.34. The van der Waals surface area contributed by atoms with E-state index >= 15 is 0 Å². The van der Waals surface area contributed by atoms with E-state index < -0.39 is 0 Å². The molecule has 0 saturated carbocycles. The van der Waals surface area contributed by atoms with Gasteiger partial charge < -0.3 is 14.6 Å². The number of hydrogen-bond donors (Lipinski definition) is 1. The summed E-state index contributed by atoms with van der Waals surface area (Å²) in [6.45, 7) is 1.30. The molecule has 1 aromatic rings. The second-order valence-corrected chi connectivity index (χ2v) is 4.08. The van der Waals surface area contributed by atoms with E-state index in [-0.39, 0.29) is 12.4 Å². The number of aliphatic hydroxyl groups is 1. The van der Waals surface area contributed by atoms with Gasteiger partial charge in [-0.25, -0.2) is 0 Å². The smallest absolute Gasteiger partial charge is 0.160 e. The molecule has 0 radical (unpaired) electrons. The summed E-state index contributed by atoms with van der Waals surface area (Å²) in [5.41, 5.74) is 1.26. The first kappa shape index (κ1) is 11.6. The number of hydrogen-bond acceptors (Lipinski definition) is 3. The van der Waals surface area contributed by atoms with Gasteiger partial charge in [0.15, 0.2) is 6.29 Å². The van der Waals surface area contributed by atoms with Gasteiger partial charge in [-0.3, -0.25) is 0 Å². The Morgan fingerprint density at radius 3 is 2.56 bits per heavy atom. The minimum Gasteiger partial charge on any atom is -0.393 e. The molecule has 0 bridgehead atoms. The first-order valence-electron chi connectivity index (χ1n) is 5.80. The number of aliphatic hydroxyl groups excluding tert-OH is 1. The number of ether oxygens (including phenoxy) is 2. The zero-order valence-electron chi connectivity index (χ0n) is 9.34. The van der Waals surface area contributed by atoms with E-state index in [1.807, 2.05) is 18.2 Å². The molecule has 1 fully saturated rings. The lowest BCUT2D eigenvalue weighted by Gasteiger charge is -2.14. The van der Waals surface area contributed by atoms with Gasteiger partial charge in [0, 0.05) is 6.42 Å². The molecule has 1 aromatic carbocycles. The highest BCUT2D eigenvalue weighted by Gasteiger charge is 2.19. The first-order chi connectivity index (χ1) is 7.84. The van der Waals surface area contributed by atoms with Crippen LogP contribution in [0.25, 0.3) is 0 Å². The Balaban J connectivity index is 1.69. The average Bonchev–Trinajstić information content (AvgIpc) is 2.81. The first-order valence-corrected chi connectivity index (χ1v) is 5.80. The van der Waals surface area contributed by atoms with Gasteiger partial charge in [0.25, 0.3) is 0 Å². The Labute approximate surface area is 96.0 Å². The molecule has 0 spiro atoms. The van der Waals surface area contributed by atoms with E-state index in [9.17, 15) is 5.11 Å². The Morgan fingerprint density at radius 2 is 1.88 bits per heavy atom. The number of benzene rings is 1. The van der Waals surface area contributed by atoms with Crippen LogP contribution in [0.2, 0.25) is 0 Å². The Hall–Kier alpha value is -0.900. The van der Waals surface area contributed by atoms with Gasteiger partial charge in [-0.05, 0) is 18.4 Å². The van der Waals surface area contributed by atoms with Crippen LogP contribution in [0.5, 0.6) is 0 Å². The van der Waals surface area contributed by atoms with Gasteiger partial charge in [-0.15, -0.1) is 0 Å². The number of rotatable bonds is 5. The fraction of sp³-hybridized carbons (Fsp3) is 0.538. The molecule has 1 aliphatic heterocycles. The number of aryl methyl sites for hydroxylation is 1. The third-order valence-electron chi connectivity index (χ3n) is 2.76. The molecular weight excluding hydrogens is 204 g/mol. The maximum Gasteiger partial charge on any atom is 0.160 e. The fourth-order valence-electron chi connectivity index (χ4n) is 1.86. The third kappa shape index (κ3) is 3.59. The summed E-state index contributed by atoms with van der Waals surface area (Å²) in [6.07, 6.45) is 1.68. The lowest BCUT2D eigenvalue weighted by molar-refractivity contribution is -0.0709. The predicted molar refractivity (Wildman–Crippen MR) is 61.1 cm³/mol. The van der Waals surface area contributed by atoms with Crippen molar-refractivity contribution >= 4 is 0 Å². The summed E-state index contributed by atoms with van der Waals surface area (Å²) >= 11 is 0. The van der Waals surface area contributed by atoms with Crippen molar-refractivity contribution in [3.8, 4) is 0 Å². The van der Waals surface area contributed by atoms with Crippen molar-refractivity contribution < 1.29 is 14.6 Å². The van der Waals surface area contributed by atoms with Gasteiger partial charge in [0.1, 0.15) is 0 Å². The molecule has 1 heterocycles. The zero-order chi connectivity index (χ0) is 11.2. The van der Waals surface area contributed by atoms with E-state index in [1.165, 1.54) is 5.56 Å². The van der Waals surface area contributed by atoms with Gasteiger partial charge in [0.2, 0.25) is 0 Å². The van der Waals surface area contributed by atoms with Crippen molar-refractivity contribution in [1.29, 1.82) is 0 Å². The van der Waals surface area contributed by atoms with E-state index in [2.05, 4.69) is 12.1 Å². The molecule has 3 heteroatoms. The Bertz CT molecular complexity index is 293. The molecule has 0 amide bonds. The van der Waals surface area contributed by atoms with Crippen LogP contribution in [-0.2, 0) is 15.9 Å². The molecule has 1 aliphatic rings. The molecule has 0 aromatic heterocycles. The summed E-state index contributed by atoms with van der Waals surface area (Å²) in [7, 11) is 0. The van der Waals surface area contributed by atoms with Gasteiger partial charge in [-0.2, -0.15) is 0 Å². The normalized spacial score (nSPS) is 18.8. The Morgan fingerprint density at radius 1 is 1.19 bits per heavy atom. The molecule has 0 aliphatic carbocycles. The van der Waals surface area contributed by atoms with Gasteiger partial charge in [-0.1, -0.05) is 30.3 Å². The van der Waals surface area contributed by atoms with E-state index in [0.29, 0.717) is 19.6 Å². The van der Waals surface area contributed by atoms with Crippen LogP contribution in [0.15, 0.2) is 30.3 Å². The maximum absolute atomic E-state index is 9.81. The van der Waals surface area contributed by atoms with Crippen molar-refractivity contribution in [2.24, 2.45) is 0 Å². The topological polar surface area (TPSA) is 38.7 Å². The molecule has 16 heavy (non-hydrogen) atoms. The lowest BCUT2D eigenvalue weighted by Crippen LogP contribution is -2.19. The summed E-state index contributed by atoms with van der Waals surface area (Å²) in [5.74, 6) is 0. The summed E-state index contributed by atoms with van der Waals surface area (Å²) < 4.78 is 10.6. The molecule has 1 saturated heterocycles. The van der Waals surface area contributed by atoms with Crippen LogP contribution in [0.4, 0.5) is 0 Å². The minimum atomic E-state index is -0.344. The highest BCUT2D eigenvalue weighted by Crippen LogP contribution is 2.14. The second-order valence-electron chi connectivity index (χ2n) is 4.08. The van der Waals surface area contributed by atoms with Crippen LogP contribution < -0.4 is 0 Å². The molecule has 3 nitrogen and oxygen atoms in total. The molecule has 2 rings (SSSR count). The average molecular weight is 222 g/mol. The summed E-state index contributed by atoms with van der Waals surface area (Å²) in [4.78, 5) is 0. The van der Waals surface area contributed by atoms with Crippen LogP contribution in [0.1, 0.15) is 18.4 Å². The van der Waals surface area contributed by atoms with Crippen molar-refractivity contribution in [2.75, 3.05) is 13.2 Å². The minimum absolute atomic E-state index is 0.203. The van der Waals surface area contributed by atoms with E-state index in [4.69, 9.17) is 9.47 Å². The van der Waals surface area contributed by atoms with Gasteiger partial charge >= 0.3 is 0 Å². The monoisotopic (exact) mass is 222 g/mol. The molecule has 1 atom stereocenters. The molecule has 88 valence electrons. The largest absolute Gasteiger partial charge is 0.393 e. The highest BCUT2D eigenvalue weighted by atomic mass is 16.7. The van der Waals surface area contributed by atoms with Crippen LogP contribution in [0.3, 0.4) is 0 Å². The fourth-order valence-corrected chi connectivity index (χ4v) is 1.86. The molecule has 1 N–H and O–H groups in total. The van der Waals surface area contributed by atoms with Crippen LogP contribution >= 0.6 is 0 Å². The highest BCUT2D eigenvalue weighted by molar-refractivity contribution is 5.14.